The summed E-state index contributed by atoms with van der Waals surface area (Å²) < 4.78 is 7.02. The van der Waals surface area contributed by atoms with Crippen LogP contribution in [0.3, 0.4) is 0 Å². The van der Waals surface area contributed by atoms with Crippen molar-refractivity contribution in [3.8, 4) is 5.88 Å². The molecule has 2 N–H and O–H groups in total. The Balaban J connectivity index is 3.01. The fraction of sp³-hybridized carbons (Fsp3) is 0.500. The van der Waals surface area contributed by atoms with E-state index in [9.17, 15) is 9.59 Å². The van der Waals surface area contributed by atoms with Crippen LogP contribution in [-0.4, -0.2) is 28.6 Å². The second-order valence-electron chi connectivity index (χ2n) is 5.57. The number of aldehydes is 1. The van der Waals surface area contributed by atoms with E-state index in [4.69, 9.17) is 10.5 Å². The van der Waals surface area contributed by atoms with Gasteiger partial charge in [0, 0.05) is 6.20 Å². The van der Waals surface area contributed by atoms with E-state index in [2.05, 4.69) is 5.10 Å². The molecular formula is C14H21N3O3. The van der Waals surface area contributed by atoms with Gasteiger partial charge in [-0.15, -0.1) is 0 Å². The highest BCUT2D eigenvalue weighted by atomic mass is 16.5. The molecule has 1 aromatic rings. The van der Waals surface area contributed by atoms with Crippen LogP contribution >= 0.6 is 0 Å². The van der Waals surface area contributed by atoms with Gasteiger partial charge in [0.25, 0.3) is 0 Å². The number of amides is 1. The SMILES string of the molecule is CC(C)COc1c(C=O)cnn1/C=C/C(C)(C)C(N)=O. The van der Waals surface area contributed by atoms with Crippen LogP contribution < -0.4 is 10.5 Å². The Morgan fingerprint density at radius 2 is 2.20 bits per heavy atom. The topological polar surface area (TPSA) is 87.2 Å². The summed E-state index contributed by atoms with van der Waals surface area (Å²) in [5, 5.41) is 4.05. The highest BCUT2D eigenvalue weighted by molar-refractivity contribution is 5.82. The molecule has 0 saturated carbocycles. The number of aromatic nitrogens is 2. The van der Waals surface area contributed by atoms with Gasteiger partial charge in [0.05, 0.1) is 23.8 Å². The molecule has 0 atom stereocenters. The third-order valence-electron chi connectivity index (χ3n) is 2.72. The van der Waals surface area contributed by atoms with Gasteiger partial charge < -0.3 is 10.5 Å². The molecule has 1 amide bonds. The molecule has 1 aromatic heterocycles. The molecule has 0 unspecified atom stereocenters. The van der Waals surface area contributed by atoms with Gasteiger partial charge in [0.15, 0.2) is 6.29 Å². The number of nitrogens with zero attached hydrogens (tertiary/aromatic N) is 2. The predicted molar refractivity (Wildman–Crippen MR) is 76.3 cm³/mol. The van der Waals surface area contributed by atoms with Crippen LogP contribution in [0.2, 0.25) is 0 Å². The molecule has 0 saturated heterocycles. The summed E-state index contributed by atoms with van der Waals surface area (Å²) >= 11 is 0. The standard InChI is InChI=1S/C14H21N3O3/c1-10(2)9-20-12-11(8-18)7-16-17(12)6-5-14(3,4)13(15)19/h5-8,10H,9H2,1-4H3,(H2,15,19)/b6-5+. The van der Waals surface area contributed by atoms with Gasteiger partial charge in [-0.3, -0.25) is 9.59 Å². The van der Waals surface area contributed by atoms with Gasteiger partial charge in [-0.1, -0.05) is 19.9 Å². The quantitative estimate of drug-likeness (QED) is 0.770. The van der Waals surface area contributed by atoms with Crippen molar-refractivity contribution < 1.29 is 14.3 Å². The molecule has 0 radical (unpaired) electrons. The van der Waals surface area contributed by atoms with Crippen molar-refractivity contribution in [1.29, 1.82) is 0 Å². The lowest BCUT2D eigenvalue weighted by Crippen LogP contribution is -2.29. The van der Waals surface area contributed by atoms with Crippen LogP contribution in [0.4, 0.5) is 0 Å². The average molecular weight is 279 g/mol. The van der Waals surface area contributed by atoms with Crippen LogP contribution in [0.15, 0.2) is 12.3 Å². The number of carbonyl (C=O) groups excluding carboxylic acids is 2. The Kier molecular flexibility index (Phi) is 5.07. The fourth-order valence-corrected chi connectivity index (χ4v) is 1.29. The van der Waals surface area contributed by atoms with E-state index in [1.54, 1.807) is 26.1 Å². The number of primary amides is 1. The number of hydrogen-bond donors (Lipinski definition) is 1. The summed E-state index contributed by atoms with van der Waals surface area (Å²) in [6, 6.07) is 0. The second-order valence-corrected chi connectivity index (χ2v) is 5.57. The summed E-state index contributed by atoms with van der Waals surface area (Å²) in [4.78, 5) is 22.2. The van der Waals surface area contributed by atoms with Gasteiger partial charge >= 0.3 is 0 Å². The van der Waals surface area contributed by atoms with E-state index in [0.717, 1.165) is 0 Å². The van der Waals surface area contributed by atoms with E-state index in [1.165, 1.54) is 10.9 Å². The summed E-state index contributed by atoms with van der Waals surface area (Å²) in [6.07, 6.45) is 5.31. The minimum absolute atomic E-state index is 0.323. The van der Waals surface area contributed by atoms with Gasteiger partial charge in [0.1, 0.15) is 0 Å². The molecule has 1 rings (SSSR count). The lowest BCUT2D eigenvalue weighted by Gasteiger charge is -2.15. The number of carbonyl (C=O) groups is 2. The molecule has 1 heterocycles. The number of rotatable bonds is 7. The zero-order valence-electron chi connectivity index (χ0n) is 12.3. The Morgan fingerprint density at radius 3 is 2.70 bits per heavy atom. The molecule has 6 nitrogen and oxygen atoms in total. The minimum Gasteiger partial charge on any atom is -0.477 e. The summed E-state index contributed by atoms with van der Waals surface area (Å²) in [5.74, 6) is 0.246. The lowest BCUT2D eigenvalue weighted by atomic mass is 9.93. The largest absolute Gasteiger partial charge is 0.477 e. The molecule has 0 spiro atoms. The van der Waals surface area contributed by atoms with E-state index >= 15 is 0 Å². The van der Waals surface area contributed by atoms with Crippen molar-refractivity contribution >= 4 is 18.4 Å². The van der Waals surface area contributed by atoms with Gasteiger partial charge in [-0.25, -0.2) is 4.68 Å². The Morgan fingerprint density at radius 1 is 1.55 bits per heavy atom. The van der Waals surface area contributed by atoms with Gasteiger partial charge in [-0.05, 0) is 19.8 Å². The van der Waals surface area contributed by atoms with Crippen molar-refractivity contribution in [3.63, 3.8) is 0 Å². The van der Waals surface area contributed by atoms with Crippen molar-refractivity contribution in [2.24, 2.45) is 17.1 Å². The molecule has 6 heteroatoms. The molecule has 110 valence electrons. The highest BCUT2D eigenvalue weighted by Crippen LogP contribution is 2.21. The van der Waals surface area contributed by atoms with Crippen molar-refractivity contribution in [2.75, 3.05) is 6.61 Å². The minimum atomic E-state index is -0.803. The summed E-state index contributed by atoms with van der Waals surface area (Å²) in [6.45, 7) is 7.88. The molecule has 0 aliphatic rings. The Bertz CT molecular complexity index is 516. The molecule has 0 bridgehead atoms. The normalized spacial score (nSPS) is 12.1. The maximum absolute atomic E-state index is 11.3. The first-order valence-corrected chi connectivity index (χ1v) is 6.42. The van der Waals surface area contributed by atoms with Crippen LogP contribution in [-0.2, 0) is 4.79 Å². The first-order chi connectivity index (χ1) is 9.27. The van der Waals surface area contributed by atoms with Crippen LogP contribution in [0, 0.1) is 11.3 Å². The number of nitrogens with two attached hydrogens (primary N) is 1. The maximum Gasteiger partial charge on any atom is 0.226 e. The summed E-state index contributed by atoms with van der Waals surface area (Å²) in [5.41, 5.74) is 4.86. The average Bonchev–Trinajstić information content (AvgIpc) is 2.75. The second kappa shape index (κ2) is 6.36. The van der Waals surface area contributed by atoms with Crippen molar-refractivity contribution in [1.82, 2.24) is 9.78 Å². The first-order valence-electron chi connectivity index (χ1n) is 6.42. The molecular weight excluding hydrogens is 258 g/mol. The Labute approximate surface area is 118 Å². The van der Waals surface area contributed by atoms with Gasteiger partial charge in [0.2, 0.25) is 11.8 Å². The predicted octanol–water partition coefficient (Wildman–Crippen LogP) is 1.71. The van der Waals surface area contributed by atoms with E-state index in [1.807, 2.05) is 13.8 Å². The highest BCUT2D eigenvalue weighted by Gasteiger charge is 2.21. The molecule has 0 aliphatic carbocycles. The number of hydrogen-bond acceptors (Lipinski definition) is 4. The lowest BCUT2D eigenvalue weighted by molar-refractivity contribution is -0.123. The monoisotopic (exact) mass is 279 g/mol. The third-order valence-corrected chi connectivity index (χ3v) is 2.72. The van der Waals surface area contributed by atoms with Gasteiger partial charge in [-0.2, -0.15) is 5.10 Å². The molecule has 0 fully saturated rings. The molecule has 20 heavy (non-hydrogen) atoms. The van der Waals surface area contributed by atoms with E-state index in [-0.39, 0.29) is 0 Å². The fourth-order valence-electron chi connectivity index (χ4n) is 1.29. The van der Waals surface area contributed by atoms with Crippen LogP contribution in [0.25, 0.3) is 6.20 Å². The first kappa shape index (κ1) is 15.9. The zero-order chi connectivity index (χ0) is 15.3. The van der Waals surface area contributed by atoms with E-state index < -0.39 is 11.3 Å². The van der Waals surface area contributed by atoms with Crippen LogP contribution in [0.1, 0.15) is 38.1 Å². The smallest absolute Gasteiger partial charge is 0.226 e. The molecule has 0 aliphatic heterocycles. The summed E-state index contributed by atoms with van der Waals surface area (Å²) in [7, 11) is 0. The van der Waals surface area contributed by atoms with Crippen molar-refractivity contribution in [2.45, 2.75) is 27.7 Å². The maximum atomic E-state index is 11.3. The zero-order valence-corrected chi connectivity index (χ0v) is 12.3. The van der Waals surface area contributed by atoms with E-state index in [0.29, 0.717) is 30.3 Å². The molecule has 0 aromatic carbocycles. The third kappa shape index (κ3) is 3.94. The Hall–Kier alpha value is -2.11. The van der Waals surface area contributed by atoms with Crippen molar-refractivity contribution in [3.05, 3.63) is 17.8 Å². The number of ether oxygens (including phenoxy) is 1. The van der Waals surface area contributed by atoms with Crippen LogP contribution in [0.5, 0.6) is 5.88 Å².